The van der Waals surface area contributed by atoms with Crippen molar-refractivity contribution in [2.45, 2.75) is 13.5 Å². The van der Waals surface area contributed by atoms with Gasteiger partial charge >= 0.3 is 12.0 Å². The van der Waals surface area contributed by atoms with E-state index >= 15 is 0 Å². The molecule has 30 heavy (non-hydrogen) atoms. The van der Waals surface area contributed by atoms with Crippen molar-refractivity contribution >= 4 is 23.7 Å². The van der Waals surface area contributed by atoms with Crippen LogP contribution in [0.15, 0.2) is 63.6 Å². The van der Waals surface area contributed by atoms with Crippen molar-refractivity contribution in [3.8, 4) is 11.3 Å². The molecule has 154 valence electrons. The maximum Gasteiger partial charge on any atom is 0.374 e. The van der Waals surface area contributed by atoms with Crippen LogP contribution in [0.5, 0.6) is 0 Å². The number of urea groups is 1. The molecule has 9 nitrogen and oxygen atoms in total. The van der Waals surface area contributed by atoms with E-state index in [0.29, 0.717) is 22.6 Å². The Morgan fingerprint density at radius 1 is 1.00 bits per heavy atom. The fraction of sp³-hybridized carbons (Fsp3) is 0.143. The lowest BCUT2D eigenvalue weighted by Crippen LogP contribution is -2.41. The van der Waals surface area contributed by atoms with Crippen molar-refractivity contribution in [2.75, 3.05) is 6.61 Å². The van der Waals surface area contributed by atoms with Gasteiger partial charge in [-0.05, 0) is 31.2 Å². The largest absolute Gasteiger partial charge is 0.467 e. The molecule has 0 unspecified atom stereocenters. The van der Waals surface area contributed by atoms with Crippen LogP contribution in [-0.4, -0.2) is 30.3 Å². The molecule has 0 fully saturated rings. The molecule has 0 bridgehead atoms. The van der Waals surface area contributed by atoms with Crippen LogP contribution in [0.25, 0.3) is 11.3 Å². The van der Waals surface area contributed by atoms with Crippen LogP contribution < -0.4 is 10.6 Å². The Balaban J connectivity index is 1.47. The topological polar surface area (TPSA) is 128 Å². The number of ketones is 1. The lowest BCUT2D eigenvalue weighted by Gasteiger charge is -2.06. The molecule has 0 saturated carbocycles. The van der Waals surface area contributed by atoms with E-state index in [2.05, 4.69) is 5.32 Å². The van der Waals surface area contributed by atoms with E-state index in [0.717, 1.165) is 0 Å². The molecule has 0 aliphatic heterocycles. The van der Waals surface area contributed by atoms with Crippen molar-refractivity contribution in [1.82, 2.24) is 10.6 Å². The van der Waals surface area contributed by atoms with Gasteiger partial charge in [-0.25, -0.2) is 9.59 Å². The first-order chi connectivity index (χ1) is 14.4. The van der Waals surface area contributed by atoms with Crippen molar-refractivity contribution in [1.29, 1.82) is 0 Å². The third-order valence-electron chi connectivity index (χ3n) is 3.97. The molecule has 2 aromatic heterocycles. The molecule has 0 aliphatic rings. The summed E-state index contributed by atoms with van der Waals surface area (Å²) in [5.41, 5.74) is 1.23. The molecular weight excluding hydrogens is 392 g/mol. The number of nitrogens with one attached hydrogen (secondary N) is 2. The second kappa shape index (κ2) is 9.37. The van der Waals surface area contributed by atoms with Gasteiger partial charge < -0.3 is 18.9 Å². The Morgan fingerprint density at radius 2 is 1.77 bits per heavy atom. The fourth-order valence-electron chi connectivity index (χ4n) is 2.46. The van der Waals surface area contributed by atoms with Crippen molar-refractivity contribution in [2.24, 2.45) is 0 Å². The zero-order valence-corrected chi connectivity index (χ0v) is 16.0. The van der Waals surface area contributed by atoms with Crippen LogP contribution in [0.4, 0.5) is 4.79 Å². The highest BCUT2D eigenvalue weighted by atomic mass is 16.5. The molecule has 2 heterocycles. The minimum atomic E-state index is -0.854. The number of esters is 1. The predicted octanol–water partition coefficient (Wildman–Crippen LogP) is 2.93. The lowest BCUT2D eigenvalue weighted by atomic mass is 10.1. The smallest absolute Gasteiger partial charge is 0.374 e. The molecule has 3 rings (SSSR count). The zero-order chi connectivity index (χ0) is 21.5. The van der Waals surface area contributed by atoms with Gasteiger partial charge in [-0.2, -0.15) is 0 Å². The number of rotatable bonds is 7. The molecule has 0 spiro atoms. The van der Waals surface area contributed by atoms with Crippen molar-refractivity contribution < 1.29 is 32.7 Å². The first kappa shape index (κ1) is 20.6. The van der Waals surface area contributed by atoms with Crippen LogP contribution in [0.3, 0.4) is 0 Å². The standard InChI is InChI=1S/C21H18N2O7/c1-13(24)14-4-6-15(7-5-14)17-8-9-18(30-17)20(26)29-12-19(25)23-21(27)22-11-16-3-2-10-28-16/h2-10H,11-12H2,1H3,(H2,22,23,25,27). The molecule has 3 aromatic rings. The number of amides is 3. The number of Topliss-reactive ketones (excluding diaryl/α,β-unsaturated/α-hetero) is 1. The van der Waals surface area contributed by atoms with E-state index in [1.54, 1.807) is 42.5 Å². The number of ether oxygens (including phenoxy) is 1. The van der Waals surface area contributed by atoms with E-state index in [9.17, 15) is 19.2 Å². The molecule has 0 saturated heterocycles. The number of benzene rings is 1. The maximum absolute atomic E-state index is 12.1. The van der Waals surface area contributed by atoms with Gasteiger partial charge in [0.15, 0.2) is 12.4 Å². The van der Waals surface area contributed by atoms with Crippen LogP contribution in [0.2, 0.25) is 0 Å². The average Bonchev–Trinajstić information content (AvgIpc) is 3.42. The van der Waals surface area contributed by atoms with Gasteiger partial charge in [0, 0.05) is 11.1 Å². The average molecular weight is 410 g/mol. The maximum atomic E-state index is 12.1. The summed E-state index contributed by atoms with van der Waals surface area (Å²) in [6.45, 7) is 0.916. The molecular formula is C21H18N2O7. The summed E-state index contributed by atoms with van der Waals surface area (Å²) >= 11 is 0. The Morgan fingerprint density at radius 3 is 2.43 bits per heavy atom. The number of carbonyl (C=O) groups is 4. The van der Waals surface area contributed by atoms with E-state index in [1.165, 1.54) is 19.3 Å². The first-order valence-corrected chi connectivity index (χ1v) is 8.91. The number of carbonyl (C=O) groups excluding carboxylic acids is 4. The number of hydrogen-bond donors (Lipinski definition) is 2. The van der Waals surface area contributed by atoms with E-state index in [1.807, 2.05) is 5.32 Å². The molecule has 3 amide bonds. The van der Waals surface area contributed by atoms with Crippen LogP contribution in [-0.2, 0) is 16.1 Å². The molecule has 2 N–H and O–H groups in total. The normalized spacial score (nSPS) is 10.3. The van der Waals surface area contributed by atoms with Gasteiger partial charge in [-0.1, -0.05) is 24.3 Å². The fourth-order valence-corrected chi connectivity index (χ4v) is 2.46. The Labute approximate surface area is 171 Å². The monoisotopic (exact) mass is 410 g/mol. The van der Waals surface area contributed by atoms with Crippen LogP contribution in [0.1, 0.15) is 33.6 Å². The Bertz CT molecular complexity index is 1050. The number of imide groups is 1. The quantitative estimate of drug-likeness (QED) is 0.453. The summed E-state index contributed by atoms with van der Waals surface area (Å²) in [4.78, 5) is 46.7. The van der Waals surface area contributed by atoms with Gasteiger partial charge in [0.2, 0.25) is 5.76 Å². The predicted molar refractivity (Wildman–Crippen MR) is 104 cm³/mol. The van der Waals surface area contributed by atoms with E-state index in [-0.39, 0.29) is 18.1 Å². The van der Waals surface area contributed by atoms with E-state index in [4.69, 9.17) is 13.6 Å². The minimum absolute atomic E-state index is 0.0572. The highest BCUT2D eigenvalue weighted by molar-refractivity contribution is 5.96. The molecule has 9 heteroatoms. The highest BCUT2D eigenvalue weighted by Crippen LogP contribution is 2.23. The van der Waals surface area contributed by atoms with Crippen molar-refractivity contribution in [3.63, 3.8) is 0 Å². The second-order valence-electron chi connectivity index (χ2n) is 6.18. The SMILES string of the molecule is CC(=O)c1ccc(-c2ccc(C(=O)OCC(=O)NC(=O)NCc3ccco3)o2)cc1. The Hall–Kier alpha value is -4.14. The third-order valence-corrected chi connectivity index (χ3v) is 3.97. The molecule has 0 radical (unpaired) electrons. The van der Waals surface area contributed by atoms with Crippen LogP contribution >= 0.6 is 0 Å². The third kappa shape index (κ3) is 5.44. The summed E-state index contributed by atoms with van der Waals surface area (Å²) in [6.07, 6.45) is 1.46. The lowest BCUT2D eigenvalue weighted by molar-refractivity contribution is -0.123. The molecule has 0 aliphatic carbocycles. The minimum Gasteiger partial charge on any atom is -0.467 e. The summed E-state index contributed by atoms with van der Waals surface area (Å²) in [6, 6.07) is 12.3. The van der Waals surface area contributed by atoms with Crippen LogP contribution in [0, 0.1) is 0 Å². The van der Waals surface area contributed by atoms with Gasteiger partial charge in [0.1, 0.15) is 11.5 Å². The zero-order valence-electron chi connectivity index (χ0n) is 16.0. The van der Waals surface area contributed by atoms with Gasteiger partial charge in [0.05, 0.1) is 12.8 Å². The summed E-state index contributed by atoms with van der Waals surface area (Å²) in [5.74, 6) is -0.888. The van der Waals surface area contributed by atoms with Crippen molar-refractivity contribution in [3.05, 3.63) is 71.9 Å². The highest BCUT2D eigenvalue weighted by Gasteiger charge is 2.16. The number of furan rings is 2. The summed E-state index contributed by atoms with van der Waals surface area (Å²) < 4.78 is 15.3. The number of hydrogen-bond acceptors (Lipinski definition) is 7. The summed E-state index contributed by atoms with van der Waals surface area (Å²) in [5, 5.41) is 4.45. The van der Waals surface area contributed by atoms with Gasteiger partial charge in [-0.3, -0.25) is 14.9 Å². The summed E-state index contributed by atoms with van der Waals surface area (Å²) in [7, 11) is 0. The second-order valence-corrected chi connectivity index (χ2v) is 6.18. The van der Waals surface area contributed by atoms with Gasteiger partial charge in [-0.15, -0.1) is 0 Å². The molecule has 0 atom stereocenters. The van der Waals surface area contributed by atoms with E-state index < -0.39 is 24.5 Å². The molecule has 1 aromatic carbocycles. The Kier molecular flexibility index (Phi) is 6.43. The first-order valence-electron chi connectivity index (χ1n) is 8.91. The van der Waals surface area contributed by atoms with Gasteiger partial charge in [0.25, 0.3) is 5.91 Å².